The minimum Gasteiger partial charge on any atom is -0.480 e. The molecule has 1 aromatic heterocycles. The number of benzene rings is 1. The van der Waals surface area contributed by atoms with E-state index >= 15 is 0 Å². The molecule has 2 rings (SSSR count). The first kappa shape index (κ1) is 16.2. The molecule has 0 saturated carbocycles. The Morgan fingerprint density at radius 1 is 1.36 bits per heavy atom. The Hall–Kier alpha value is -2.15. The first-order valence-electron chi connectivity index (χ1n) is 6.57. The van der Waals surface area contributed by atoms with E-state index in [1.54, 1.807) is 13.8 Å². The van der Waals surface area contributed by atoms with Crippen molar-refractivity contribution < 1.29 is 19.2 Å². The molecule has 0 atom stereocenters. The third-order valence-electron chi connectivity index (χ3n) is 3.12. The van der Waals surface area contributed by atoms with Crippen molar-refractivity contribution in [2.75, 3.05) is 6.54 Å². The molecule has 0 aliphatic carbocycles. The van der Waals surface area contributed by atoms with Gasteiger partial charge in [-0.25, -0.2) is 0 Å². The lowest BCUT2D eigenvalue weighted by Gasteiger charge is -2.20. The summed E-state index contributed by atoms with van der Waals surface area (Å²) in [5.41, 5.74) is 1.60. The molecule has 0 saturated heterocycles. The van der Waals surface area contributed by atoms with E-state index in [2.05, 4.69) is 21.1 Å². The molecule has 1 aromatic carbocycles. The molecule has 7 heteroatoms. The van der Waals surface area contributed by atoms with Crippen LogP contribution in [0.2, 0.25) is 0 Å². The number of carbonyl (C=O) groups is 2. The molecular weight excluding hydrogens is 352 g/mol. The highest BCUT2D eigenvalue weighted by molar-refractivity contribution is 9.10. The molecule has 0 fully saturated rings. The molecule has 116 valence electrons. The van der Waals surface area contributed by atoms with Crippen molar-refractivity contribution in [3.05, 3.63) is 51.3 Å². The SMILES string of the molecule is Cc1noc(C)c1C(=O)N(CC(=O)O)Cc1cccc(Br)c1. The Morgan fingerprint density at radius 2 is 2.09 bits per heavy atom. The van der Waals surface area contributed by atoms with Crippen LogP contribution in [0.1, 0.15) is 27.4 Å². The number of aromatic nitrogens is 1. The lowest BCUT2D eigenvalue weighted by molar-refractivity contribution is -0.137. The average molecular weight is 367 g/mol. The zero-order chi connectivity index (χ0) is 16.3. The van der Waals surface area contributed by atoms with Gasteiger partial charge in [0.1, 0.15) is 17.9 Å². The normalized spacial score (nSPS) is 10.5. The Labute approximate surface area is 135 Å². The first-order chi connectivity index (χ1) is 10.4. The number of carboxylic acid groups (broad SMARTS) is 1. The number of carboxylic acids is 1. The van der Waals surface area contributed by atoms with Gasteiger partial charge in [-0.3, -0.25) is 9.59 Å². The predicted octanol–water partition coefficient (Wildman–Crippen LogP) is 2.78. The van der Waals surface area contributed by atoms with Crippen LogP contribution in [0.3, 0.4) is 0 Å². The Balaban J connectivity index is 2.30. The summed E-state index contributed by atoms with van der Waals surface area (Å²) < 4.78 is 5.85. The van der Waals surface area contributed by atoms with Crippen LogP contribution in [-0.4, -0.2) is 33.6 Å². The van der Waals surface area contributed by atoms with Crippen molar-refractivity contribution in [1.29, 1.82) is 0 Å². The number of rotatable bonds is 5. The molecule has 0 aliphatic rings. The van der Waals surface area contributed by atoms with Crippen molar-refractivity contribution in [1.82, 2.24) is 10.1 Å². The summed E-state index contributed by atoms with van der Waals surface area (Å²) in [6, 6.07) is 7.37. The van der Waals surface area contributed by atoms with Crippen LogP contribution < -0.4 is 0 Å². The zero-order valence-electron chi connectivity index (χ0n) is 12.2. The van der Waals surface area contributed by atoms with Gasteiger partial charge in [0, 0.05) is 11.0 Å². The minimum absolute atomic E-state index is 0.189. The van der Waals surface area contributed by atoms with Gasteiger partial charge in [-0.05, 0) is 31.5 Å². The van der Waals surface area contributed by atoms with Crippen LogP contribution in [0.15, 0.2) is 33.3 Å². The molecule has 1 N–H and O–H groups in total. The molecular formula is C15H15BrN2O4. The second kappa shape index (κ2) is 6.74. The number of aliphatic carboxylic acids is 1. The van der Waals surface area contributed by atoms with Gasteiger partial charge >= 0.3 is 5.97 Å². The van der Waals surface area contributed by atoms with Gasteiger partial charge < -0.3 is 14.5 Å². The average Bonchev–Trinajstić information content (AvgIpc) is 2.76. The highest BCUT2D eigenvalue weighted by atomic mass is 79.9. The molecule has 1 heterocycles. The molecule has 0 aliphatic heterocycles. The number of halogens is 1. The number of nitrogens with zero attached hydrogens (tertiary/aromatic N) is 2. The number of amides is 1. The van der Waals surface area contributed by atoms with Crippen LogP contribution in [0, 0.1) is 13.8 Å². The van der Waals surface area contributed by atoms with Crippen LogP contribution in [0.25, 0.3) is 0 Å². The minimum atomic E-state index is -1.07. The molecule has 0 spiro atoms. The third kappa shape index (κ3) is 3.73. The van der Waals surface area contributed by atoms with Crippen LogP contribution >= 0.6 is 15.9 Å². The van der Waals surface area contributed by atoms with Gasteiger partial charge in [-0.1, -0.05) is 33.2 Å². The Bertz CT molecular complexity index is 692. The first-order valence-corrected chi connectivity index (χ1v) is 7.36. The smallest absolute Gasteiger partial charge is 0.323 e. The van der Waals surface area contributed by atoms with Crippen LogP contribution in [-0.2, 0) is 11.3 Å². The Morgan fingerprint density at radius 3 is 2.64 bits per heavy atom. The van der Waals surface area contributed by atoms with E-state index in [-0.39, 0.29) is 6.54 Å². The highest BCUT2D eigenvalue weighted by Gasteiger charge is 2.25. The number of aryl methyl sites for hydroxylation is 2. The van der Waals surface area contributed by atoms with E-state index in [9.17, 15) is 9.59 Å². The molecule has 0 unspecified atom stereocenters. The number of hydrogen-bond donors (Lipinski definition) is 1. The fourth-order valence-electron chi connectivity index (χ4n) is 2.16. The summed E-state index contributed by atoms with van der Waals surface area (Å²) in [4.78, 5) is 25.0. The van der Waals surface area contributed by atoms with E-state index in [4.69, 9.17) is 9.63 Å². The zero-order valence-corrected chi connectivity index (χ0v) is 13.8. The van der Waals surface area contributed by atoms with Crippen molar-refractivity contribution in [2.45, 2.75) is 20.4 Å². The maximum Gasteiger partial charge on any atom is 0.323 e. The van der Waals surface area contributed by atoms with Crippen LogP contribution in [0.5, 0.6) is 0 Å². The fourth-order valence-corrected chi connectivity index (χ4v) is 2.61. The molecule has 0 bridgehead atoms. The van der Waals surface area contributed by atoms with Gasteiger partial charge in [-0.15, -0.1) is 0 Å². The maximum absolute atomic E-state index is 12.6. The van der Waals surface area contributed by atoms with Gasteiger partial charge in [0.05, 0.1) is 5.69 Å². The third-order valence-corrected chi connectivity index (χ3v) is 3.62. The quantitative estimate of drug-likeness (QED) is 0.879. The van der Waals surface area contributed by atoms with Crippen molar-refractivity contribution >= 4 is 27.8 Å². The van der Waals surface area contributed by atoms with Gasteiger partial charge in [-0.2, -0.15) is 0 Å². The van der Waals surface area contributed by atoms with Gasteiger partial charge in [0.15, 0.2) is 0 Å². The number of carbonyl (C=O) groups excluding carboxylic acids is 1. The van der Waals surface area contributed by atoms with E-state index in [1.807, 2.05) is 24.3 Å². The monoisotopic (exact) mass is 366 g/mol. The fraction of sp³-hybridized carbons (Fsp3) is 0.267. The molecule has 2 aromatic rings. The largest absolute Gasteiger partial charge is 0.480 e. The second-order valence-electron chi connectivity index (χ2n) is 4.88. The van der Waals surface area contributed by atoms with E-state index < -0.39 is 18.4 Å². The summed E-state index contributed by atoms with van der Waals surface area (Å²) in [5.74, 6) is -1.10. The van der Waals surface area contributed by atoms with E-state index in [1.165, 1.54) is 4.90 Å². The maximum atomic E-state index is 12.6. The second-order valence-corrected chi connectivity index (χ2v) is 5.80. The van der Waals surface area contributed by atoms with Gasteiger partial charge in [0.25, 0.3) is 5.91 Å². The standard InChI is InChI=1S/C15H15BrN2O4/c1-9-14(10(2)22-17-9)15(21)18(8-13(19)20)7-11-4-3-5-12(16)6-11/h3-6H,7-8H2,1-2H3,(H,19,20). The summed E-state index contributed by atoms with van der Waals surface area (Å²) in [6.07, 6.45) is 0. The van der Waals surface area contributed by atoms with Crippen molar-refractivity contribution in [3.63, 3.8) is 0 Å². The van der Waals surface area contributed by atoms with Gasteiger partial charge in [0.2, 0.25) is 0 Å². The molecule has 22 heavy (non-hydrogen) atoms. The lowest BCUT2D eigenvalue weighted by atomic mass is 10.1. The topological polar surface area (TPSA) is 83.6 Å². The van der Waals surface area contributed by atoms with E-state index in [0.29, 0.717) is 17.0 Å². The summed E-state index contributed by atoms with van der Waals surface area (Å²) in [5, 5.41) is 12.8. The van der Waals surface area contributed by atoms with Crippen molar-refractivity contribution in [2.24, 2.45) is 0 Å². The van der Waals surface area contributed by atoms with Crippen molar-refractivity contribution in [3.8, 4) is 0 Å². The predicted molar refractivity (Wildman–Crippen MR) is 82.5 cm³/mol. The summed E-state index contributed by atoms with van der Waals surface area (Å²) >= 11 is 3.36. The lowest BCUT2D eigenvalue weighted by Crippen LogP contribution is -2.35. The molecule has 0 radical (unpaired) electrons. The summed E-state index contributed by atoms with van der Waals surface area (Å²) in [6.45, 7) is 3.08. The Kier molecular flexibility index (Phi) is 4.97. The molecule has 6 nitrogen and oxygen atoms in total. The number of hydrogen-bond acceptors (Lipinski definition) is 4. The summed E-state index contributed by atoms with van der Waals surface area (Å²) in [7, 11) is 0. The van der Waals surface area contributed by atoms with E-state index in [0.717, 1.165) is 10.0 Å². The molecule has 1 amide bonds. The van der Waals surface area contributed by atoms with Crippen LogP contribution in [0.4, 0.5) is 0 Å². The highest BCUT2D eigenvalue weighted by Crippen LogP contribution is 2.18.